The van der Waals surface area contributed by atoms with Gasteiger partial charge in [-0.1, -0.05) is 17.2 Å². The van der Waals surface area contributed by atoms with Crippen LogP contribution in [0.1, 0.15) is 11.1 Å². The number of rotatable bonds is 4. The van der Waals surface area contributed by atoms with Gasteiger partial charge in [-0.15, -0.1) is 5.10 Å². The molecule has 0 unspecified atom stereocenters. The number of hydrogen-bond acceptors (Lipinski definition) is 7. The number of halogens is 1. The van der Waals surface area contributed by atoms with E-state index in [1.807, 2.05) is 34.1 Å². The fourth-order valence-corrected chi connectivity index (χ4v) is 3.88. The molecule has 1 N–H and O–H groups in total. The summed E-state index contributed by atoms with van der Waals surface area (Å²) >= 11 is 0. The third-order valence-electron chi connectivity index (χ3n) is 5.43. The number of tetrazole rings is 1. The second-order valence-corrected chi connectivity index (χ2v) is 7.41. The number of nitrogens with zero attached hydrogens (tertiary/aromatic N) is 6. The van der Waals surface area contributed by atoms with Crippen molar-refractivity contribution in [1.29, 1.82) is 0 Å². The maximum atomic E-state index is 14.9. The lowest BCUT2D eigenvalue weighted by molar-refractivity contribution is 0.0645. The molecule has 0 amide bonds. The Bertz CT molecular complexity index is 1060. The van der Waals surface area contributed by atoms with Crippen molar-refractivity contribution < 1.29 is 14.2 Å². The van der Waals surface area contributed by atoms with Crippen molar-refractivity contribution in [3.8, 4) is 11.1 Å². The van der Waals surface area contributed by atoms with Crippen molar-refractivity contribution in [2.24, 2.45) is 7.05 Å². The molecule has 8 nitrogen and oxygen atoms in total. The third-order valence-corrected chi connectivity index (χ3v) is 5.43. The van der Waals surface area contributed by atoms with Crippen LogP contribution in [-0.4, -0.2) is 51.3 Å². The Morgan fingerprint density at radius 2 is 2.00 bits per heavy atom. The fraction of sp³-hybridized carbons (Fsp3) is 0.350. The van der Waals surface area contributed by atoms with E-state index in [0.29, 0.717) is 37.9 Å². The summed E-state index contributed by atoms with van der Waals surface area (Å²) in [5.74, 6) is 0.315. The lowest BCUT2D eigenvalue weighted by atomic mass is 10.00. The predicted octanol–water partition coefficient (Wildman–Crippen LogP) is 1.69. The van der Waals surface area contributed by atoms with Gasteiger partial charge in [0.2, 0.25) is 0 Å². The van der Waals surface area contributed by atoms with Gasteiger partial charge in [0.05, 0.1) is 13.7 Å². The van der Waals surface area contributed by atoms with Crippen LogP contribution in [0.4, 0.5) is 16.0 Å². The van der Waals surface area contributed by atoms with Gasteiger partial charge < -0.3 is 19.6 Å². The Kier molecular flexibility index (Phi) is 4.40. The normalized spacial score (nSPS) is 18.5. The SMILES string of the molecule is Cn1nnc(N2Cc3ccc(-c4ccc(N5CO[C@@H](CO)C5)cc4F)cc3C2)n1. The number of ether oxygens (including phenoxy) is 1. The Balaban J connectivity index is 1.37. The van der Waals surface area contributed by atoms with Crippen molar-refractivity contribution in [1.82, 2.24) is 20.2 Å². The molecule has 9 heteroatoms. The first-order chi connectivity index (χ1) is 14.1. The molecule has 1 atom stereocenters. The van der Waals surface area contributed by atoms with Crippen LogP contribution in [-0.2, 0) is 24.9 Å². The first-order valence-corrected chi connectivity index (χ1v) is 9.49. The summed E-state index contributed by atoms with van der Waals surface area (Å²) in [6, 6.07) is 11.2. The molecule has 150 valence electrons. The summed E-state index contributed by atoms with van der Waals surface area (Å²) in [5.41, 5.74) is 4.47. The second kappa shape index (κ2) is 7.09. The van der Waals surface area contributed by atoms with E-state index in [9.17, 15) is 9.50 Å². The van der Waals surface area contributed by atoms with Crippen LogP contribution < -0.4 is 9.80 Å². The highest BCUT2D eigenvalue weighted by Crippen LogP contribution is 2.33. The zero-order chi connectivity index (χ0) is 20.0. The van der Waals surface area contributed by atoms with E-state index in [-0.39, 0.29) is 18.5 Å². The monoisotopic (exact) mass is 396 g/mol. The Morgan fingerprint density at radius 1 is 1.14 bits per heavy atom. The highest BCUT2D eigenvalue weighted by Gasteiger charge is 2.25. The maximum Gasteiger partial charge on any atom is 0.266 e. The van der Waals surface area contributed by atoms with Crippen LogP contribution in [0.2, 0.25) is 0 Å². The summed E-state index contributed by atoms with van der Waals surface area (Å²) in [5, 5.41) is 21.4. The van der Waals surface area contributed by atoms with Crippen molar-refractivity contribution in [2.75, 3.05) is 29.7 Å². The van der Waals surface area contributed by atoms with Crippen molar-refractivity contribution >= 4 is 11.6 Å². The standard InChI is InChI=1S/C20H21FN6O2/c1-25-23-20(22-24-25)26-8-14-3-2-13(6-15(14)9-26)18-5-4-16(7-19(18)21)27-10-17(11-28)29-12-27/h2-7,17,28H,8-12H2,1H3/t17-/m1/s1. The highest BCUT2D eigenvalue weighted by molar-refractivity contribution is 5.69. The molecule has 0 aliphatic carbocycles. The molecule has 1 fully saturated rings. The Hall–Kier alpha value is -3.04. The number of aliphatic hydroxyl groups excluding tert-OH is 1. The van der Waals surface area contributed by atoms with Crippen LogP contribution in [0.3, 0.4) is 0 Å². The lowest BCUT2D eigenvalue weighted by Crippen LogP contribution is -2.23. The summed E-state index contributed by atoms with van der Waals surface area (Å²) in [6.07, 6.45) is -0.221. The van der Waals surface area contributed by atoms with Crippen molar-refractivity contribution in [3.05, 3.63) is 53.3 Å². The van der Waals surface area contributed by atoms with Gasteiger partial charge in [-0.25, -0.2) is 4.39 Å². The second-order valence-electron chi connectivity index (χ2n) is 7.41. The molecule has 2 aliphatic rings. The molecular formula is C20H21FN6O2. The molecule has 29 heavy (non-hydrogen) atoms. The van der Waals surface area contributed by atoms with Gasteiger partial charge in [0.1, 0.15) is 18.7 Å². The Morgan fingerprint density at radius 3 is 2.72 bits per heavy atom. The van der Waals surface area contributed by atoms with E-state index >= 15 is 0 Å². The molecule has 5 rings (SSSR count). The van der Waals surface area contributed by atoms with Crippen molar-refractivity contribution in [2.45, 2.75) is 19.2 Å². The molecular weight excluding hydrogens is 375 g/mol. The summed E-state index contributed by atoms with van der Waals surface area (Å²) < 4.78 is 20.4. The number of hydrogen-bond donors (Lipinski definition) is 1. The summed E-state index contributed by atoms with van der Waals surface area (Å²) in [6.45, 7) is 2.26. The van der Waals surface area contributed by atoms with Crippen LogP contribution >= 0.6 is 0 Å². The maximum absolute atomic E-state index is 14.9. The van der Waals surface area contributed by atoms with Gasteiger partial charge in [0, 0.05) is 30.9 Å². The topological polar surface area (TPSA) is 79.5 Å². The third kappa shape index (κ3) is 3.32. The van der Waals surface area contributed by atoms with Gasteiger partial charge in [-0.2, -0.15) is 4.80 Å². The van der Waals surface area contributed by atoms with E-state index in [1.165, 1.54) is 16.4 Å². The number of aryl methyl sites for hydroxylation is 1. The minimum absolute atomic E-state index is 0.0344. The van der Waals surface area contributed by atoms with E-state index in [2.05, 4.69) is 15.4 Å². The van der Waals surface area contributed by atoms with E-state index in [1.54, 1.807) is 13.1 Å². The predicted molar refractivity (Wildman–Crippen MR) is 105 cm³/mol. The summed E-state index contributed by atoms with van der Waals surface area (Å²) in [7, 11) is 1.74. The van der Waals surface area contributed by atoms with E-state index < -0.39 is 0 Å². The molecule has 1 aromatic heterocycles. The van der Waals surface area contributed by atoms with Crippen LogP contribution in [0, 0.1) is 5.82 Å². The van der Waals surface area contributed by atoms with Gasteiger partial charge >= 0.3 is 0 Å². The number of fused-ring (bicyclic) bond motifs is 1. The minimum atomic E-state index is -0.277. The molecule has 3 heterocycles. The van der Waals surface area contributed by atoms with Crippen molar-refractivity contribution in [3.63, 3.8) is 0 Å². The largest absolute Gasteiger partial charge is 0.394 e. The van der Waals surface area contributed by atoms with Crippen LogP contribution in [0.5, 0.6) is 0 Å². The van der Waals surface area contributed by atoms with Gasteiger partial charge in [0.15, 0.2) is 0 Å². The quantitative estimate of drug-likeness (QED) is 0.719. The number of aliphatic hydroxyl groups is 1. The summed E-state index contributed by atoms with van der Waals surface area (Å²) in [4.78, 5) is 5.41. The molecule has 0 bridgehead atoms. The van der Waals surface area contributed by atoms with E-state index in [4.69, 9.17) is 4.74 Å². The molecule has 0 spiro atoms. The lowest BCUT2D eigenvalue weighted by Gasteiger charge is -2.17. The number of aromatic nitrogens is 4. The van der Waals surface area contributed by atoms with Gasteiger partial charge in [-0.3, -0.25) is 0 Å². The first-order valence-electron chi connectivity index (χ1n) is 9.49. The molecule has 0 saturated carbocycles. The zero-order valence-electron chi connectivity index (χ0n) is 16.0. The Labute approximate surface area is 167 Å². The number of anilines is 2. The molecule has 2 aliphatic heterocycles. The van der Waals surface area contributed by atoms with E-state index in [0.717, 1.165) is 16.8 Å². The minimum Gasteiger partial charge on any atom is -0.394 e. The molecule has 2 aromatic carbocycles. The average molecular weight is 396 g/mol. The zero-order valence-corrected chi connectivity index (χ0v) is 16.0. The van der Waals surface area contributed by atoms with Crippen LogP contribution in [0.15, 0.2) is 36.4 Å². The van der Waals surface area contributed by atoms with Gasteiger partial charge in [-0.05, 0) is 46.2 Å². The van der Waals surface area contributed by atoms with Gasteiger partial charge in [0.25, 0.3) is 5.95 Å². The average Bonchev–Trinajstić information content (AvgIpc) is 3.46. The van der Waals surface area contributed by atoms with Crippen LogP contribution in [0.25, 0.3) is 11.1 Å². The number of benzene rings is 2. The smallest absolute Gasteiger partial charge is 0.266 e. The molecule has 1 saturated heterocycles. The highest BCUT2D eigenvalue weighted by atomic mass is 19.1. The first kappa shape index (κ1) is 18.0. The molecule has 3 aromatic rings. The fourth-order valence-electron chi connectivity index (χ4n) is 3.88. The molecule has 0 radical (unpaired) electrons.